The SMILES string of the molecule is Cc1ccc(N2CC(C(=O)NCc3cccc(OCC(=O)O)c3)CC2=O)cc1. The van der Waals surface area contributed by atoms with Crippen molar-refractivity contribution in [3.63, 3.8) is 0 Å². The molecule has 7 nitrogen and oxygen atoms in total. The monoisotopic (exact) mass is 382 g/mol. The molecular weight excluding hydrogens is 360 g/mol. The Balaban J connectivity index is 1.55. The maximum absolute atomic E-state index is 12.5. The molecule has 1 aliphatic rings. The number of benzene rings is 2. The van der Waals surface area contributed by atoms with Crippen LogP contribution in [0.4, 0.5) is 5.69 Å². The Kier molecular flexibility index (Phi) is 5.93. The van der Waals surface area contributed by atoms with Gasteiger partial charge in [0, 0.05) is 25.2 Å². The van der Waals surface area contributed by atoms with Crippen LogP contribution in [0.3, 0.4) is 0 Å². The van der Waals surface area contributed by atoms with Crippen LogP contribution in [0.5, 0.6) is 5.75 Å². The van der Waals surface area contributed by atoms with E-state index < -0.39 is 18.5 Å². The van der Waals surface area contributed by atoms with Crippen molar-refractivity contribution in [2.24, 2.45) is 5.92 Å². The zero-order valence-electron chi connectivity index (χ0n) is 15.6. The lowest BCUT2D eigenvalue weighted by Gasteiger charge is -2.17. The van der Waals surface area contributed by atoms with Crippen LogP contribution in [0.25, 0.3) is 0 Å². The first kappa shape index (κ1) is 19.4. The van der Waals surface area contributed by atoms with Crippen molar-refractivity contribution in [2.75, 3.05) is 18.1 Å². The lowest BCUT2D eigenvalue weighted by Crippen LogP contribution is -2.32. The number of carboxylic acids is 1. The molecule has 1 aliphatic heterocycles. The van der Waals surface area contributed by atoms with Gasteiger partial charge in [-0.05, 0) is 36.8 Å². The van der Waals surface area contributed by atoms with Crippen LogP contribution in [0.15, 0.2) is 48.5 Å². The van der Waals surface area contributed by atoms with Crippen LogP contribution in [0, 0.1) is 12.8 Å². The second kappa shape index (κ2) is 8.56. The zero-order chi connectivity index (χ0) is 20.1. The van der Waals surface area contributed by atoms with Crippen LogP contribution in [0.1, 0.15) is 17.5 Å². The summed E-state index contributed by atoms with van der Waals surface area (Å²) in [4.78, 5) is 37.0. The fraction of sp³-hybridized carbons (Fsp3) is 0.286. The highest BCUT2D eigenvalue weighted by molar-refractivity contribution is 6.00. The van der Waals surface area contributed by atoms with Crippen molar-refractivity contribution >= 4 is 23.5 Å². The Bertz CT molecular complexity index is 879. The first-order chi connectivity index (χ1) is 13.4. The number of carbonyl (C=O) groups is 3. The normalized spacial score (nSPS) is 16.1. The summed E-state index contributed by atoms with van der Waals surface area (Å²) in [5.41, 5.74) is 2.70. The van der Waals surface area contributed by atoms with Crippen molar-refractivity contribution < 1.29 is 24.2 Å². The van der Waals surface area contributed by atoms with Crippen molar-refractivity contribution in [3.8, 4) is 5.75 Å². The van der Waals surface area contributed by atoms with Gasteiger partial charge in [-0.2, -0.15) is 0 Å². The van der Waals surface area contributed by atoms with Crippen molar-refractivity contribution in [2.45, 2.75) is 19.9 Å². The van der Waals surface area contributed by atoms with Gasteiger partial charge in [-0.25, -0.2) is 4.79 Å². The molecule has 2 N–H and O–H groups in total. The number of carbonyl (C=O) groups excluding carboxylic acids is 2. The second-order valence-electron chi connectivity index (χ2n) is 6.79. The summed E-state index contributed by atoms with van der Waals surface area (Å²) in [6, 6.07) is 14.5. The van der Waals surface area contributed by atoms with Crippen LogP contribution in [0.2, 0.25) is 0 Å². The highest BCUT2D eigenvalue weighted by Crippen LogP contribution is 2.25. The Morgan fingerprint density at radius 2 is 1.96 bits per heavy atom. The molecule has 3 rings (SSSR count). The third kappa shape index (κ3) is 4.88. The molecule has 2 aromatic rings. The molecule has 146 valence electrons. The molecule has 1 heterocycles. The number of amides is 2. The third-order valence-electron chi connectivity index (χ3n) is 4.57. The molecule has 0 saturated carbocycles. The predicted octanol–water partition coefficient (Wildman–Crippen LogP) is 2.13. The summed E-state index contributed by atoms with van der Waals surface area (Å²) < 4.78 is 5.14. The molecule has 2 amide bonds. The quantitative estimate of drug-likeness (QED) is 0.765. The highest BCUT2D eigenvalue weighted by atomic mass is 16.5. The number of aryl methyl sites for hydroxylation is 1. The molecule has 0 radical (unpaired) electrons. The number of rotatable bonds is 7. The number of hydrogen-bond donors (Lipinski definition) is 2. The molecule has 1 unspecified atom stereocenters. The van der Waals surface area contributed by atoms with Gasteiger partial charge in [0.1, 0.15) is 5.75 Å². The van der Waals surface area contributed by atoms with E-state index in [0.717, 1.165) is 16.8 Å². The van der Waals surface area contributed by atoms with E-state index in [0.29, 0.717) is 12.3 Å². The van der Waals surface area contributed by atoms with E-state index in [1.54, 1.807) is 23.1 Å². The average molecular weight is 382 g/mol. The summed E-state index contributed by atoms with van der Waals surface area (Å²) in [6.45, 7) is 2.19. The summed E-state index contributed by atoms with van der Waals surface area (Å²) in [5.74, 6) is -1.27. The number of carboxylic acid groups (broad SMARTS) is 1. The Morgan fingerprint density at radius 3 is 2.68 bits per heavy atom. The lowest BCUT2D eigenvalue weighted by atomic mass is 10.1. The van der Waals surface area contributed by atoms with E-state index in [9.17, 15) is 14.4 Å². The lowest BCUT2D eigenvalue weighted by molar-refractivity contribution is -0.139. The molecule has 0 aliphatic carbocycles. The fourth-order valence-electron chi connectivity index (χ4n) is 3.08. The van der Waals surface area contributed by atoms with Crippen molar-refractivity contribution in [1.82, 2.24) is 5.32 Å². The predicted molar refractivity (Wildman–Crippen MR) is 103 cm³/mol. The molecule has 1 atom stereocenters. The van der Waals surface area contributed by atoms with E-state index in [1.807, 2.05) is 37.3 Å². The van der Waals surface area contributed by atoms with Crippen molar-refractivity contribution in [1.29, 1.82) is 0 Å². The van der Waals surface area contributed by atoms with Crippen LogP contribution < -0.4 is 15.0 Å². The molecule has 2 aromatic carbocycles. The van der Waals surface area contributed by atoms with Gasteiger partial charge in [0.25, 0.3) is 0 Å². The number of anilines is 1. The van der Waals surface area contributed by atoms with Crippen LogP contribution in [-0.2, 0) is 20.9 Å². The van der Waals surface area contributed by atoms with E-state index in [-0.39, 0.29) is 24.8 Å². The van der Waals surface area contributed by atoms with E-state index in [1.165, 1.54) is 0 Å². The maximum Gasteiger partial charge on any atom is 0.341 e. The van der Waals surface area contributed by atoms with Gasteiger partial charge in [0.2, 0.25) is 11.8 Å². The number of hydrogen-bond acceptors (Lipinski definition) is 4. The first-order valence-corrected chi connectivity index (χ1v) is 9.00. The van der Waals surface area contributed by atoms with Crippen LogP contribution in [-0.4, -0.2) is 36.0 Å². The Hall–Kier alpha value is -3.35. The van der Waals surface area contributed by atoms with Gasteiger partial charge in [0.15, 0.2) is 6.61 Å². The molecule has 1 saturated heterocycles. The average Bonchev–Trinajstić information content (AvgIpc) is 3.07. The van der Waals surface area contributed by atoms with Gasteiger partial charge < -0.3 is 20.1 Å². The largest absolute Gasteiger partial charge is 0.482 e. The third-order valence-corrected chi connectivity index (χ3v) is 4.57. The minimum absolute atomic E-state index is 0.0620. The molecule has 0 aromatic heterocycles. The summed E-state index contributed by atoms with van der Waals surface area (Å²) in [7, 11) is 0. The van der Waals surface area contributed by atoms with Gasteiger partial charge in [-0.3, -0.25) is 9.59 Å². The number of nitrogens with zero attached hydrogens (tertiary/aromatic N) is 1. The number of nitrogens with one attached hydrogen (secondary N) is 1. The maximum atomic E-state index is 12.5. The van der Waals surface area contributed by atoms with Gasteiger partial charge in [-0.1, -0.05) is 29.8 Å². The minimum atomic E-state index is -1.05. The van der Waals surface area contributed by atoms with Crippen molar-refractivity contribution in [3.05, 3.63) is 59.7 Å². The Labute approximate surface area is 162 Å². The number of ether oxygens (including phenoxy) is 1. The molecule has 7 heteroatoms. The van der Waals surface area contributed by atoms with Gasteiger partial charge >= 0.3 is 5.97 Å². The molecule has 1 fully saturated rings. The smallest absolute Gasteiger partial charge is 0.341 e. The molecule has 28 heavy (non-hydrogen) atoms. The summed E-state index contributed by atoms with van der Waals surface area (Å²) in [5, 5.41) is 11.5. The Morgan fingerprint density at radius 1 is 1.21 bits per heavy atom. The van der Waals surface area contributed by atoms with Crippen LogP contribution >= 0.6 is 0 Å². The fourth-order valence-corrected chi connectivity index (χ4v) is 3.08. The van der Waals surface area contributed by atoms with Gasteiger partial charge in [-0.15, -0.1) is 0 Å². The number of aliphatic carboxylic acids is 1. The van der Waals surface area contributed by atoms with E-state index in [4.69, 9.17) is 9.84 Å². The van der Waals surface area contributed by atoms with Gasteiger partial charge in [0.05, 0.1) is 5.92 Å². The van der Waals surface area contributed by atoms with E-state index in [2.05, 4.69) is 5.32 Å². The molecule has 0 spiro atoms. The zero-order valence-corrected chi connectivity index (χ0v) is 15.6. The second-order valence-corrected chi connectivity index (χ2v) is 6.79. The highest BCUT2D eigenvalue weighted by Gasteiger charge is 2.34. The standard InChI is InChI=1S/C21H22N2O5/c1-14-5-7-17(8-6-14)23-12-16(10-19(23)24)21(27)22-11-15-3-2-4-18(9-15)28-13-20(25)26/h2-9,16H,10-13H2,1H3,(H,22,27)(H,25,26). The minimum Gasteiger partial charge on any atom is -0.482 e. The summed E-state index contributed by atoms with van der Waals surface area (Å²) in [6.07, 6.45) is 0.182. The topological polar surface area (TPSA) is 95.9 Å². The first-order valence-electron chi connectivity index (χ1n) is 9.00. The summed E-state index contributed by atoms with van der Waals surface area (Å²) >= 11 is 0. The molecular formula is C21H22N2O5. The molecule has 0 bridgehead atoms. The van der Waals surface area contributed by atoms with E-state index >= 15 is 0 Å².